The van der Waals surface area contributed by atoms with Crippen molar-refractivity contribution in [1.29, 1.82) is 5.41 Å². The van der Waals surface area contributed by atoms with Gasteiger partial charge in [-0.2, -0.15) is 9.98 Å². The van der Waals surface area contributed by atoms with Gasteiger partial charge in [-0.15, -0.1) is 0 Å². The van der Waals surface area contributed by atoms with E-state index in [1.165, 1.54) is 11.1 Å². The van der Waals surface area contributed by atoms with Crippen LogP contribution in [0.3, 0.4) is 0 Å². The molecule has 2 amide bonds. The first-order valence-electron chi connectivity index (χ1n) is 20.9. The third kappa shape index (κ3) is 10.1. The van der Waals surface area contributed by atoms with Crippen LogP contribution in [0, 0.1) is 5.41 Å². The lowest BCUT2D eigenvalue weighted by atomic mass is 9.77. The van der Waals surface area contributed by atoms with Crippen molar-refractivity contribution in [3.05, 3.63) is 95.8 Å². The molecule has 2 fully saturated rings. The van der Waals surface area contributed by atoms with Crippen molar-refractivity contribution in [2.45, 2.75) is 89.4 Å². The van der Waals surface area contributed by atoms with Crippen LogP contribution < -0.4 is 35.7 Å². The smallest absolute Gasteiger partial charge is 0.346 e. The molecule has 7 rings (SSSR count). The van der Waals surface area contributed by atoms with E-state index in [1.54, 1.807) is 10.6 Å². The molecular formula is C45H61N8O5+. The van der Waals surface area contributed by atoms with Crippen LogP contribution in [0.2, 0.25) is 0 Å². The van der Waals surface area contributed by atoms with Crippen LogP contribution in [0.5, 0.6) is 11.5 Å². The highest BCUT2D eigenvalue weighted by atomic mass is 16.7. The van der Waals surface area contributed by atoms with Gasteiger partial charge in [0.15, 0.2) is 12.1 Å². The predicted molar refractivity (Wildman–Crippen MR) is 226 cm³/mol. The summed E-state index contributed by atoms with van der Waals surface area (Å²) in [5.41, 5.74) is 10.7. The molecule has 3 unspecified atom stereocenters. The summed E-state index contributed by atoms with van der Waals surface area (Å²) in [6.07, 6.45) is 8.72. The van der Waals surface area contributed by atoms with E-state index in [1.807, 2.05) is 47.2 Å². The van der Waals surface area contributed by atoms with Crippen molar-refractivity contribution in [2.24, 2.45) is 0 Å². The summed E-state index contributed by atoms with van der Waals surface area (Å²) < 4.78 is 27.7. The Morgan fingerprint density at radius 1 is 0.983 bits per heavy atom. The van der Waals surface area contributed by atoms with Crippen molar-refractivity contribution < 1.29 is 28.3 Å². The molecule has 13 heteroatoms. The van der Waals surface area contributed by atoms with Crippen molar-refractivity contribution in [3.8, 4) is 17.2 Å². The number of ether oxygens (including phenoxy) is 4. The van der Waals surface area contributed by atoms with Gasteiger partial charge in [0.05, 0.1) is 31.5 Å². The number of nitrogens with zero attached hydrogens (tertiary/aromatic N) is 3. The number of nitrogens with two attached hydrogens (primary N) is 1. The Balaban J connectivity index is 0.964. The Bertz CT molecular complexity index is 2020. The number of urea groups is 1. The van der Waals surface area contributed by atoms with E-state index in [4.69, 9.17) is 30.1 Å². The number of rotatable bonds is 12. The summed E-state index contributed by atoms with van der Waals surface area (Å²) in [5, 5.41) is 18.6. The molecule has 2 aliphatic heterocycles. The number of nitrogens with one attached hydrogen (secondary N) is 4. The number of carbonyl (C=O) groups excluding carboxylic acids is 1. The summed E-state index contributed by atoms with van der Waals surface area (Å²) in [5.74, 6) is 3.28. The molecule has 0 bridgehead atoms. The highest BCUT2D eigenvalue weighted by Gasteiger charge is 2.30. The molecule has 2 aromatic heterocycles. The third-order valence-corrected chi connectivity index (χ3v) is 11.5. The van der Waals surface area contributed by atoms with Gasteiger partial charge >= 0.3 is 12.0 Å². The van der Waals surface area contributed by atoms with E-state index in [-0.39, 0.29) is 35.6 Å². The number of fused-ring (bicyclic) bond motifs is 1. The molecular weight excluding hydrogens is 733 g/mol. The molecule has 2 aromatic carbocycles. The monoisotopic (exact) mass is 793 g/mol. The van der Waals surface area contributed by atoms with Crippen LogP contribution in [0.4, 0.5) is 16.4 Å². The molecule has 4 atom stereocenters. The molecule has 1 aliphatic carbocycles. The van der Waals surface area contributed by atoms with Crippen molar-refractivity contribution in [1.82, 2.24) is 20.1 Å². The maximum absolute atomic E-state index is 13.6. The first-order chi connectivity index (χ1) is 28.0. The number of anilines is 2. The zero-order valence-corrected chi connectivity index (χ0v) is 34.5. The first-order valence-corrected chi connectivity index (χ1v) is 20.9. The van der Waals surface area contributed by atoms with Crippen LogP contribution in [-0.4, -0.2) is 86.4 Å². The number of pyridine rings is 1. The van der Waals surface area contributed by atoms with E-state index in [9.17, 15) is 4.79 Å². The zero-order chi connectivity index (χ0) is 40.6. The van der Waals surface area contributed by atoms with E-state index < -0.39 is 0 Å². The van der Waals surface area contributed by atoms with Crippen molar-refractivity contribution >= 4 is 23.6 Å². The van der Waals surface area contributed by atoms with Crippen LogP contribution in [0.15, 0.2) is 79.1 Å². The quantitative estimate of drug-likeness (QED) is 0.0472. The summed E-state index contributed by atoms with van der Waals surface area (Å²) >= 11 is 0. The minimum Gasteiger partial charge on any atom is -0.491 e. The first kappa shape index (κ1) is 41.1. The number of hydrogen-bond acceptors (Lipinski definition) is 8. The maximum atomic E-state index is 13.6. The lowest BCUT2D eigenvalue weighted by Gasteiger charge is -2.32. The molecule has 0 saturated carbocycles. The predicted octanol–water partition coefficient (Wildman–Crippen LogP) is 6.50. The summed E-state index contributed by atoms with van der Waals surface area (Å²) in [4.78, 5) is 15.6. The van der Waals surface area contributed by atoms with Gasteiger partial charge in [0.2, 0.25) is 0 Å². The van der Waals surface area contributed by atoms with Gasteiger partial charge in [-0.25, -0.2) is 4.79 Å². The molecule has 310 valence electrons. The fraction of sp³-hybridized carbons (Fsp3) is 0.489. The van der Waals surface area contributed by atoms with Gasteiger partial charge in [-0.1, -0.05) is 51.1 Å². The molecule has 0 spiro atoms. The number of piperazine rings is 1. The van der Waals surface area contributed by atoms with Gasteiger partial charge in [0.1, 0.15) is 30.1 Å². The number of carbonyl (C=O) groups is 1. The fourth-order valence-corrected chi connectivity index (χ4v) is 8.07. The highest BCUT2D eigenvalue weighted by Crippen LogP contribution is 2.39. The minimum absolute atomic E-state index is 0.126. The van der Waals surface area contributed by atoms with E-state index in [0.717, 1.165) is 75.3 Å². The zero-order valence-electron chi connectivity index (χ0n) is 34.5. The van der Waals surface area contributed by atoms with E-state index >= 15 is 0 Å². The SMILES string of the molecule is C[C@H]1CNCCN1C(=N)[n+]1cc(OCC2CCC(CNC(=O)Nc3cc(C(C)(C)C)cn3-c3cccc(OCCOC4CCCCO4)c3)c3ccccc32)ccc1N. The Hall–Kier alpha value is -5.11. The second kappa shape index (κ2) is 18.6. The third-order valence-electron chi connectivity index (χ3n) is 11.5. The second-order valence-electron chi connectivity index (χ2n) is 16.7. The normalized spacial score (nSPS) is 20.9. The van der Waals surface area contributed by atoms with Crippen LogP contribution in [0.1, 0.15) is 88.3 Å². The number of hydrogen-bond donors (Lipinski definition) is 5. The van der Waals surface area contributed by atoms with Gasteiger partial charge in [0.25, 0.3) is 0 Å². The molecule has 4 aromatic rings. The summed E-state index contributed by atoms with van der Waals surface area (Å²) in [7, 11) is 0. The number of nitrogen functional groups attached to an aromatic ring is 1. The number of benzene rings is 2. The van der Waals surface area contributed by atoms with Crippen LogP contribution >= 0.6 is 0 Å². The second-order valence-corrected chi connectivity index (χ2v) is 16.7. The van der Waals surface area contributed by atoms with Crippen molar-refractivity contribution in [3.63, 3.8) is 0 Å². The number of aromatic nitrogens is 2. The molecule has 13 nitrogen and oxygen atoms in total. The van der Waals surface area contributed by atoms with Gasteiger partial charge in [-0.05, 0) is 85.4 Å². The van der Waals surface area contributed by atoms with Gasteiger partial charge < -0.3 is 39.9 Å². The average molecular weight is 794 g/mol. The van der Waals surface area contributed by atoms with Crippen LogP contribution in [0.25, 0.3) is 5.69 Å². The fourth-order valence-electron chi connectivity index (χ4n) is 8.07. The van der Waals surface area contributed by atoms with Gasteiger partial charge in [0, 0.05) is 56.4 Å². The van der Waals surface area contributed by atoms with E-state index in [0.29, 0.717) is 49.7 Å². The standard InChI is InChI=1S/C45H60N8O5/c1-31-26-48-19-20-51(31)43(47)53-29-37(17-18-40(53)46)58-30-33-16-15-32(38-12-5-6-13-39(33)38)27-49-44(54)50-41-24-34(45(2,3)4)28-52(41)35-10-9-11-36(25-35)55-22-23-57-42-14-7-8-21-56-42/h5-6,9-13,17-18,24-25,28-29,31-33,42,46-48H,7-8,14-16,19-23,26-27,30H2,1-4H3,(H2,49,50,54)/p+1/t31-,32?,33?,42?/m0/s1. The number of amides is 2. The van der Waals surface area contributed by atoms with Crippen molar-refractivity contribution in [2.75, 3.05) is 63.7 Å². The Labute approximate surface area is 342 Å². The van der Waals surface area contributed by atoms with E-state index in [2.05, 4.69) is 79.0 Å². The molecule has 3 aliphatic rings. The molecule has 6 N–H and O–H groups in total. The average Bonchev–Trinajstić information content (AvgIpc) is 3.66. The largest absolute Gasteiger partial charge is 0.491 e. The Kier molecular flexibility index (Phi) is 13.2. The minimum atomic E-state index is -0.255. The summed E-state index contributed by atoms with van der Waals surface area (Å²) in [6.45, 7) is 13.6. The Morgan fingerprint density at radius 3 is 2.57 bits per heavy atom. The molecule has 2 saturated heterocycles. The van der Waals surface area contributed by atoms with Crippen LogP contribution in [-0.2, 0) is 14.9 Å². The lowest BCUT2D eigenvalue weighted by molar-refractivity contribution is -0.552. The highest BCUT2D eigenvalue weighted by molar-refractivity contribution is 5.89. The lowest BCUT2D eigenvalue weighted by Crippen LogP contribution is -2.61. The molecule has 0 radical (unpaired) electrons. The topological polar surface area (TPSA) is 152 Å². The Morgan fingerprint density at radius 2 is 1.79 bits per heavy atom. The van der Waals surface area contributed by atoms with Gasteiger partial charge in [-0.3, -0.25) is 10.2 Å². The molecule has 58 heavy (non-hydrogen) atoms. The summed E-state index contributed by atoms with van der Waals surface area (Å²) in [6, 6.07) is 22.0. The molecule has 4 heterocycles. The maximum Gasteiger partial charge on any atom is 0.346 e.